The second-order valence-electron chi connectivity index (χ2n) is 10.3. The van der Waals surface area contributed by atoms with Gasteiger partial charge in [0.15, 0.2) is 0 Å². The summed E-state index contributed by atoms with van der Waals surface area (Å²) in [5.74, 6) is -0.534. The van der Waals surface area contributed by atoms with Crippen LogP contribution in [0.5, 0.6) is 0 Å². The number of unbranched alkanes of at least 4 members (excludes halogenated alkanes) is 12. The molecular weight excluding hydrogens is 474 g/mol. The maximum Gasteiger partial charge on any atom is 0.249 e. The zero-order chi connectivity index (χ0) is 28.1. The molecule has 0 aliphatic rings. The zero-order valence-electron chi connectivity index (χ0n) is 24.5. The normalized spacial score (nSPS) is 14.8. The van der Waals surface area contributed by atoms with Crippen molar-refractivity contribution in [2.45, 2.75) is 148 Å². The predicted octanol–water partition coefficient (Wildman–Crippen LogP) is 7.47. The van der Waals surface area contributed by atoms with Gasteiger partial charge in [0, 0.05) is 0 Å². The molecule has 0 radical (unpaired) electrons. The van der Waals surface area contributed by atoms with E-state index in [0.717, 1.165) is 64.2 Å². The zero-order valence-corrected chi connectivity index (χ0v) is 24.5. The second-order valence-corrected chi connectivity index (χ2v) is 10.3. The fraction of sp³-hybridized carbons (Fsp3) is 0.727. The van der Waals surface area contributed by atoms with Gasteiger partial charge in [-0.3, -0.25) is 4.79 Å². The van der Waals surface area contributed by atoms with Gasteiger partial charge in [0.05, 0.1) is 18.8 Å². The van der Waals surface area contributed by atoms with E-state index < -0.39 is 24.2 Å². The highest BCUT2D eigenvalue weighted by atomic mass is 16.3. The Morgan fingerprint density at radius 3 is 1.66 bits per heavy atom. The first kappa shape index (κ1) is 36.3. The summed E-state index contributed by atoms with van der Waals surface area (Å²) in [4.78, 5) is 12.3. The quantitative estimate of drug-likeness (QED) is 0.0686. The van der Waals surface area contributed by atoms with Gasteiger partial charge in [0.2, 0.25) is 5.91 Å². The van der Waals surface area contributed by atoms with Crippen LogP contribution >= 0.6 is 0 Å². The van der Waals surface area contributed by atoms with Crippen LogP contribution in [0.25, 0.3) is 0 Å². The second kappa shape index (κ2) is 28.3. The molecule has 0 bridgehead atoms. The topological polar surface area (TPSA) is 89.8 Å². The monoisotopic (exact) mass is 533 g/mol. The average molecular weight is 534 g/mol. The van der Waals surface area contributed by atoms with Crippen LogP contribution in [-0.2, 0) is 4.79 Å². The minimum Gasteiger partial charge on any atom is -0.394 e. The maximum atomic E-state index is 12.3. The van der Waals surface area contributed by atoms with Crippen molar-refractivity contribution in [2.24, 2.45) is 0 Å². The molecule has 0 aliphatic carbocycles. The number of carbonyl (C=O) groups is 1. The van der Waals surface area contributed by atoms with Gasteiger partial charge in [0.1, 0.15) is 6.10 Å². The Bertz CT molecular complexity index is 641. The first-order valence-electron chi connectivity index (χ1n) is 15.5. The molecule has 220 valence electrons. The molecule has 4 N–H and O–H groups in total. The van der Waals surface area contributed by atoms with Gasteiger partial charge in [0.25, 0.3) is 0 Å². The Morgan fingerprint density at radius 2 is 1.11 bits per heavy atom. The smallest absolute Gasteiger partial charge is 0.249 e. The van der Waals surface area contributed by atoms with E-state index in [0.29, 0.717) is 6.42 Å². The first-order valence-corrected chi connectivity index (χ1v) is 15.5. The molecule has 3 unspecified atom stereocenters. The lowest BCUT2D eigenvalue weighted by molar-refractivity contribution is -0.131. The molecule has 0 heterocycles. The number of amides is 1. The highest BCUT2D eigenvalue weighted by Crippen LogP contribution is 2.10. The fourth-order valence-corrected chi connectivity index (χ4v) is 4.08. The molecule has 0 aromatic rings. The minimum absolute atomic E-state index is 0.387. The molecule has 3 atom stereocenters. The summed E-state index contributed by atoms with van der Waals surface area (Å²) in [6.45, 7) is 4.04. The molecule has 5 nitrogen and oxygen atoms in total. The number of allylic oxidation sites excluding steroid dienone is 7. The molecule has 0 rings (SSSR count). The molecule has 0 saturated heterocycles. The van der Waals surface area contributed by atoms with E-state index in [1.165, 1.54) is 44.9 Å². The van der Waals surface area contributed by atoms with Crippen LogP contribution in [0.1, 0.15) is 129 Å². The van der Waals surface area contributed by atoms with Crippen molar-refractivity contribution in [3.05, 3.63) is 48.6 Å². The van der Waals surface area contributed by atoms with Gasteiger partial charge >= 0.3 is 0 Å². The minimum atomic E-state index is -1.12. The fourth-order valence-electron chi connectivity index (χ4n) is 4.08. The van der Waals surface area contributed by atoms with Crippen molar-refractivity contribution in [1.82, 2.24) is 5.32 Å². The van der Waals surface area contributed by atoms with Gasteiger partial charge in [-0.2, -0.15) is 0 Å². The Balaban J connectivity index is 3.96. The van der Waals surface area contributed by atoms with Crippen molar-refractivity contribution in [3.63, 3.8) is 0 Å². The molecule has 0 saturated carbocycles. The average Bonchev–Trinajstić information content (AvgIpc) is 2.92. The number of aliphatic hydroxyl groups excluding tert-OH is 3. The Morgan fingerprint density at radius 1 is 0.632 bits per heavy atom. The highest BCUT2D eigenvalue weighted by Gasteiger charge is 2.22. The van der Waals surface area contributed by atoms with Crippen molar-refractivity contribution in [2.75, 3.05) is 6.61 Å². The van der Waals surface area contributed by atoms with Gasteiger partial charge in [-0.15, -0.1) is 0 Å². The van der Waals surface area contributed by atoms with Gasteiger partial charge in [-0.25, -0.2) is 0 Å². The van der Waals surface area contributed by atoms with Crippen LogP contribution in [0.15, 0.2) is 48.6 Å². The number of nitrogens with one attached hydrogen (secondary N) is 1. The highest BCUT2D eigenvalue weighted by molar-refractivity contribution is 5.80. The molecule has 0 aliphatic heterocycles. The Hall–Kier alpha value is -1.69. The van der Waals surface area contributed by atoms with Gasteiger partial charge in [-0.1, -0.05) is 114 Å². The van der Waals surface area contributed by atoms with Crippen LogP contribution in [0.4, 0.5) is 0 Å². The standard InChI is InChI=1S/C33H59NO4/c1-3-5-7-9-11-13-15-16-17-18-20-21-23-25-27-31(36)30(29-35)34-33(38)32(37)28-26-24-22-19-14-12-10-8-6-4-2/h10,12-13,15,18,20,25,27,30-32,35-37H,3-9,11,14,16-17,19,21-24,26,28-29H2,1-2H3,(H,34,38)/b12-10-,15-13+,20-18+,27-25+. The number of rotatable bonds is 26. The van der Waals surface area contributed by atoms with Crippen molar-refractivity contribution in [1.29, 1.82) is 0 Å². The van der Waals surface area contributed by atoms with E-state index in [4.69, 9.17) is 0 Å². The van der Waals surface area contributed by atoms with Crippen LogP contribution in [0.3, 0.4) is 0 Å². The van der Waals surface area contributed by atoms with Crippen LogP contribution in [-0.4, -0.2) is 46.1 Å². The number of aliphatic hydroxyl groups is 3. The third-order valence-corrected chi connectivity index (χ3v) is 6.62. The lowest BCUT2D eigenvalue weighted by Gasteiger charge is -2.21. The van der Waals surface area contributed by atoms with Gasteiger partial charge < -0.3 is 20.6 Å². The molecule has 0 aromatic heterocycles. The van der Waals surface area contributed by atoms with E-state index in [1.807, 2.05) is 6.08 Å². The largest absolute Gasteiger partial charge is 0.394 e. The summed E-state index contributed by atoms with van der Waals surface area (Å²) in [7, 11) is 0. The van der Waals surface area contributed by atoms with Gasteiger partial charge in [-0.05, 0) is 64.2 Å². The summed E-state index contributed by atoms with van der Waals surface area (Å²) in [5.41, 5.74) is 0. The molecular formula is C33H59NO4. The van der Waals surface area contributed by atoms with Crippen molar-refractivity contribution >= 4 is 5.91 Å². The van der Waals surface area contributed by atoms with Crippen LogP contribution < -0.4 is 5.32 Å². The van der Waals surface area contributed by atoms with E-state index >= 15 is 0 Å². The van der Waals surface area contributed by atoms with Crippen molar-refractivity contribution in [3.8, 4) is 0 Å². The van der Waals surface area contributed by atoms with Crippen LogP contribution in [0.2, 0.25) is 0 Å². The number of hydrogen-bond acceptors (Lipinski definition) is 4. The van der Waals surface area contributed by atoms with E-state index in [1.54, 1.807) is 6.08 Å². The Labute approximate surface area is 234 Å². The molecule has 5 heteroatoms. The maximum absolute atomic E-state index is 12.3. The SMILES string of the molecule is CCCC/C=C\CCCCCCC(O)C(=O)NC(CO)C(O)/C=C/CC/C=C/CC/C=C/CCCCCC. The molecule has 0 spiro atoms. The lowest BCUT2D eigenvalue weighted by Crippen LogP contribution is -2.48. The molecule has 1 amide bonds. The molecule has 0 fully saturated rings. The van der Waals surface area contributed by atoms with Crippen molar-refractivity contribution < 1.29 is 20.1 Å². The number of hydrogen-bond donors (Lipinski definition) is 4. The van der Waals surface area contributed by atoms with E-state index in [9.17, 15) is 20.1 Å². The number of carbonyl (C=O) groups excluding carboxylic acids is 1. The van der Waals surface area contributed by atoms with E-state index in [-0.39, 0.29) is 6.61 Å². The van der Waals surface area contributed by atoms with E-state index in [2.05, 4.69) is 55.6 Å². The molecule has 38 heavy (non-hydrogen) atoms. The first-order chi connectivity index (χ1) is 18.6. The summed E-state index contributed by atoms with van der Waals surface area (Å²) in [5, 5.41) is 32.7. The molecule has 0 aromatic carbocycles. The summed E-state index contributed by atoms with van der Waals surface area (Å²) in [6.07, 6.45) is 34.0. The summed E-state index contributed by atoms with van der Waals surface area (Å²) < 4.78 is 0. The van der Waals surface area contributed by atoms with Crippen LogP contribution in [0, 0.1) is 0 Å². The summed E-state index contributed by atoms with van der Waals surface area (Å²) in [6, 6.07) is -0.822. The third-order valence-electron chi connectivity index (χ3n) is 6.62. The lowest BCUT2D eigenvalue weighted by atomic mass is 10.1. The Kier molecular flexibility index (Phi) is 27.1. The predicted molar refractivity (Wildman–Crippen MR) is 162 cm³/mol. The summed E-state index contributed by atoms with van der Waals surface area (Å²) >= 11 is 0. The third kappa shape index (κ3) is 23.4.